The second-order valence-electron chi connectivity index (χ2n) is 7.41. The third-order valence-corrected chi connectivity index (χ3v) is 6.01. The number of fused-ring (bicyclic) bond motifs is 1. The van der Waals surface area contributed by atoms with Gasteiger partial charge in [-0.25, -0.2) is 0 Å². The van der Waals surface area contributed by atoms with Crippen LogP contribution in [0.15, 0.2) is 30.5 Å². The number of nitrogens with one attached hydrogen (secondary N) is 1. The number of halogens is 1. The topological polar surface area (TPSA) is 63.5 Å². The predicted octanol–water partition coefficient (Wildman–Crippen LogP) is 3.42. The van der Waals surface area contributed by atoms with Gasteiger partial charge in [0.25, 0.3) is 0 Å². The number of piperazine rings is 1. The van der Waals surface area contributed by atoms with Gasteiger partial charge in [0.05, 0.1) is 40.9 Å². The molecular formula is C21H24ClN5O. The molecule has 1 aromatic carbocycles. The Morgan fingerprint density at radius 2 is 1.93 bits per heavy atom. The third kappa shape index (κ3) is 3.11. The predicted molar refractivity (Wildman–Crippen MR) is 113 cm³/mol. The van der Waals surface area contributed by atoms with Crippen molar-refractivity contribution in [2.45, 2.75) is 26.3 Å². The number of carbonyl (C=O) groups excluding carboxylic acids is 1. The molecule has 1 atom stereocenters. The van der Waals surface area contributed by atoms with E-state index >= 15 is 0 Å². The highest BCUT2D eigenvalue weighted by Gasteiger charge is 2.40. The summed E-state index contributed by atoms with van der Waals surface area (Å²) in [5, 5.41) is 8.02. The zero-order valence-electron chi connectivity index (χ0n) is 16.2. The Morgan fingerprint density at radius 3 is 2.61 bits per heavy atom. The third-order valence-electron chi connectivity index (χ3n) is 5.73. The minimum absolute atomic E-state index is 0.0624. The lowest BCUT2D eigenvalue weighted by atomic mass is 10.1. The first-order chi connectivity index (χ1) is 13.5. The summed E-state index contributed by atoms with van der Waals surface area (Å²) in [5.41, 5.74) is 4.81. The first-order valence-electron chi connectivity index (χ1n) is 9.55. The summed E-state index contributed by atoms with van der Waals surface area (Å²) >= 11 is 6.61. The molecule has 2 aliphatic rings. The molecule has 0 spiro atoms. The number of hydrogen-bond acceptors (Lipinski definition) is 4. The monoisotopic (exact) mass is 397 g/mol. The number of pyridine rings is 1. The molecule has 146 valence electrons. The second kappa shape index (κ2) is 7.43. The fourth-order valence-corrected chi connectivity index (χ4v) is 4.27. The molecule has 6 nitrogen and oxygen atoms in total. The van der Waals surface area contributed by atoms with Crippen molar-refractivity contribution in [3.05, 3.63) is 52.3 Å². The van der Waals surface area contributed by atoms with Crippen LogP contribution >= 0.6 is 11.6 Å². The van der Waals surface area contributed by atoms with E-state index in [2.05, 4.69) is 28.9 Å². The first-order valence-corrected chi connectivity index (χ1v) is 9.93. The Bertz CT molecular complexity index is 923. The standard InChI is InChI=1S/C21H24ClN5O/c1-14-5-3-4-6-16(14)12-27-20-18(15(2)21(27)28)24-11-17(22)19(20)26-9-7-25(13-23)8-10-26/h3-6,11,13,15,23H,7-10,12H2,1-2H3. The van der Waals surface area contributed by atoms with Crippen molar-refractivity contribution in [2.24, 2.45) is 0 Å². The maximum Gasteiger partial charge on any atom is 0.236 e. The van der Waals surface area contributed by atoms with Gasteiger partial charge in [-0.15, -0.1) is 0 Å². The molecule has 2 aliphatic heterocycles. The SMILES string of the molecule is Cc1ccccc1CN1C(=O)C(C)c2ncc(Cl)c(N3CCN(C=N)CC3)c21. The number of rotatable bonds is 4. The van der Waals surface area contributed by atoms with Crippen LogP contribution in [0.5, 0.6) is 0 Å². The Morgan fingerprint density at radius 1 is 1.21 bits per heavy atom. The summed E-state index contributed by atoms with van der Waals surface area (Å²) in [5.74, 6) is -0.217. The van der Waals surface area contributed by atoms with Crippen LogP contribution in [0.3, 0.4) is 0 Å². The van der Waals surface area contributed by atoms with Gasteiger partial charge in [-0.05, 0) is 25.0 Å². The number of anilines is 2. The van der Waals surface area contributed by atoms with E-state index < -0.39 is 0 Å². The van der Waals surface area contributed by atoms with E-state index in [9.17, 15) is 4.79 Å². The van der Waals surface area contributed by atoms with Gasteiger partial charge in [0.2, 0.25) is 5.91 Å². The molecule has 0 bridgehead atoms. The number of hydrogen-bond donors (Lipinski definition) is 1. The van der Waals surface area contributed by atoms with Crippen molar-refractivity contribution in [1.29, 1.82) is 5.41 Å². The molecule has 0 radical (unpaired) electrons. The molecule has 1 aromatic heterocycles. The summed E-state index contributed by atoms with van der Waals surface area (Å²) < 4.78 is 0. The highest BCUT2D eigenvalue weighted by atomic mass is 35.5. The van der Waals surface area contributed by atoms with E-state index in [0.717, 1.165) is 54.4 Å². The highest BCUT2D eigenvalue weighted by molar-refractivity contribution is 6.34. The molecule has 28 heavy (non-hydrogen) atoms. The van der Waals surface area contributed by atoms with Gasteiger partial charge in [0, 0.05) is 32.4 Å². The van der Waals surface area contributed by atoms with Crippen molar-refractivity contribution < 1.29 is 4.79 Å². The van der Waals surface area contributed by atoms with Crippen molar-refractivity contribution in [3.8, 4) is 0 Å². The molecule has 1 N–H and O–H groups in total. The molecule has 1 unspecified atom stereocenters. The number of aryl methyl sites for hydroxylation is 1. The van der Waals surface area contributed by atoms with Crippen molar-refractivity contribution in [3.63, 3.8) is 0 Å². The largest absolute Gasteiger partial charge is 0.365 e. The number of carbonyl (C=O) groups is 1. The van der Waals surface area contributed by atoms with Crippen molar-refractivity contribution in [2.75, 3.05) is 36.0 Å². The number of benzene rings is 1. The minimum atomic E-state index is -0.280. The van der Waals surface area contributed by atoms with Crippen LogP contribution in [-0.2, 0) is 11.3 Å². The Kier molecular flexibility index (Phi) is 4.98. The summed E-state index contributed by atoms with van der Waals surface area (Å²) in [6, 6.07) is 8.13. The van der Waals surface area contributed by atoms with Crippen molar-refractivity contribution >= 4 is 35.2 Å². The fraction of sp³-hybridized carbons (Fsp3) is 0.381. The lowest BCUT2D eigenvalue weighted by Crippen LogP contribution is -2.46. The van der Waals surface area contributed by atoms with Gasteiger partial charge >= 0.3 is 0 Å². The number of aromatic nitrogens is 1. The summed E-state index contributed by atoms with van der Waals surface area (Å²) in [7, 11) is 0. The second-order valence-corrected chi connectivity index (χ2v) is 7.82. The van der Waals surface area contributed by atoms with Crippen LogP contribution in [0, 0.1) is 12.3 Å². The summed E-state index contributed by atoms with van der Waals surface area (Å²) in [6.07, 6.45) is 3.05. The van der Waals surface area contributed by atoms with E-state index in [1.807, 2.05) is 28.9 Å². The van der Waals surface area contributed by atoms with Crippen LogP contribution in [0.4, 0.5) is 11.4 Å². The van der Waals surface area contributed by atoms with E-state index in [-0.39, 0.29) is 11.8 Å². The molecule has 1 amide bonds. The molecule has 3 heterocycles. The van der Waals surface area contributed by atoms with Gasteiger partial charge in [-0.1, -0.05) is 35.9 Å². The number of nitrogens with zero attached hydrogens (tertiary/aromatic N) is 4. The maximum atomic E-state index is 13.1. The Balaban J connectivity index is 1.75. The van der Waals surface area contributed by atoms with Crippen LogP contribution < -0.4 is 9.80 Å². The van der Waals surface area contributed by atoms with Gasteiger partial charge < -0.3 is 14.7 Å². The lowest BCUT2D eigenvalue weighted by molar-refractivity contribution is -0.119. The molecule has 1 saturated heterocycles. The molecule has 2 aromatic rings. The zero-order chi connectivity index (χ0) is 19.8. The van der Waals surface area contributed by atoms with E-state index in [0.29, 0.717) is 11.6 Å². The van der Waals surface area contributed by atoms with E-state index in [1.165, 1.54) is 6.34 Å². The van der Waals surface area contributed by atoms with Crippen LogP contribution in [-0.4, -0.2) is 48.3 Å². The number of amides is 1. The average molecular weight is 398 g/mol. The zero-order valence-corrected chi connectivity index (χ0v) is 16.9. The highest BCUT2D eigenvalue weighted by Crippen LogP contribution is 2.46. The first kappa shape index (κ1) is 18.7. The maximum absolute atomic E-state index is 13.1. The quantitative estimate of drug-likeness (QED) is 0.634. The lowest BCUT2D eigenvalue weighted by Gasteiger charge is -2.37. The van der Waals surface area contributed by atoms with E-state index in [1.54, 1.807) is 6.20 Å². The van der Waals surface area contributed by atoms with Gasteiger partial charge in [0.1, 0.15) is 0 Å². The van der Waals surface area contributed by atoms with Gasteiger partial charge in [-0.2, -0.15) is 0 Å². The van der Waals surface area contributed by atoms with Crippen molar-refractivity contribution in [1.82, 2.24) is 9.88 Å². The van der Waals surface area contributed by atoms with Crippen LogP contribution in [0.2, 0.25) is 5.02 Å². The van der Waals surface area contributed by atoms with Crippen LogP contribution in [0.1, 0.15) is 29.7 Å². The molecule has 4 rings (SSSR count). The van der Waals surface area contributed by atoms with E-state index in [4.69, 9.17) is 17.0 Å². The Hall–Kier alpha value is -2.60. The van der Waals surface area contributed by atoms with Crippen LogP contribution in [0.25, 0.3) is 0 Å². The summed E-state index contributed by atoms with van der Waals surface area (Å²) in [4.78, 5) is 23.7. The molecule has 0 saturated carbocycles. The smallest absolute Gasteiger partial charge is 0.236 e. The molecule has 7 heteroatoms. The average Bonchev–Trinajstić information content (AvgIpc) is 2.94. The molecular weight excluding hydrogens is 374 g/mol. The molecule has 1 fully saturated rings. The minimum Gasteiger partial charge on any atom is -0.365 e. The van der Waals surface area contributed by atoms with Gasteiger partial charge in [0.15, 0.2) is 0 Å². The fourth-order valence-electron chi connectivity index (χ4n) is 4.02. The normalized spacial score (nSPS) is 19.2. The Labute approximate surface area is 170 Å². The molecule has 0 aliphatic carbocycles. The summed E-state index contributed by atoms with van der Waals surface area (Å²) in [6.45, 7) is 7.53. The van der Waals surface area contributed by atoms with Gasteiger partial charge in [-0.3, -0.25) is 15.2 Å².